The van der Waals surface area contributed by atoms with Crippen LogP contribution in [-0.2, 0) is 13.0 Å². The predicted molar refractivity (Wildman–Crippen MR) is 110 cm³/mol. The number of nitrogens with one attached hydrogen (secondary N) is 1. The molecule has 154 valence electrons. The number of aryl methyl sites for hydroxylation is 1. The van der Waals surface area contributed by atoms with Crippen molar-refractivity contribution >= 4 is 5.91 Å². The summed E-state index contributed by atoms with van der Waals surface area (Å²) < 4.78 is 19.1. The molecule has 0 bridgehead atoms. The molecule has 30 heavy (non-hydrogen) atoms. The van der Waals surface area contributed by atoms with E-state index in [2.05, 4.69) is 22.5 Å². The Balaban J connectivity index is 1.28. The van der Waals surface area contributed by atoms with E-state index in [1.165, 1.54) is 0 Å². The van der Waals surface area contributed by atoms with Gasteiger partial charge in [-0.2, -0.15) is 5.10 Å². The van der Waals surface area contributed by atoms with E-state index in [0.29, 0.717) is 31.1 Å². The summed E-state index contributed by atoms with van der Waals surface area (Å²) in [4.78, 5) is 12.8. The Bertz CT molecular complexity index is 1050. The molecular formula is C23H23N3O4. The molecule has 1 aromatic heterocycles. The van der Waals surface area contributed by atoms with Crippen molar-refractivity contribution < 1.29 is 19.0 Å². The van der Waals surface area contributed by atoms with Crippen LogP contribution in [0.25, 0.3) is 0 Å². The zero-order chi connectivity index (χ0) is 20.5. The van der Waals surface area contributed by atoms with E-state index < -0.39 is 0 Å². The monoisotopic (exact) mass is 405 g/mol. The van der Waals surface area contributed by atoms with Crippen LogP contribution in [0, 0.1) is 0 Å². The lowest BCUT2D eigenvalue weighted by Gasteiger charge is -2.27. The van der Waals surface area contributed by atoms with Gasteiger partial charge in [0, 0.05) is 31.0 Å². The molecule has 5 rings (SSSR count). The molecule has 7 nitrogen and oxygen atoms in total. The van der Waals surface area contributed by atoms with E-state index in [1.54, 1.807) is 17.9 Å². The lowest BCUT2D eigenvalue weighted by atomic mass is 10.0. The van der Waals surface area contributed by atoms with Gasteiger partial charge >= 0.3 is 0 Å². The minimum absolute atomic E-state index is 0.0259. The van der Waals surface area contributed by atoms with E-state index in [4.69, 9.17) is 14.2 Å². The molecule has 3 heterocycles. The highest BCUT2D eigenvalue weighted by atomic mass is 16.5. The first-order valence-corrected chi connectivity index (χ1v) is 10.1. The molecule has 2 aliphatic heterocycles. The molecule has 0 aliphatic carbocycles. The number of amides is 1. The third-order valence-corrected chi connectivity index (χ3v) is 5.55. The maximum absolute atomic E-state index is 12.8. The van der Waals surface area contributed by atoms with Gasteiger partial charge in [-0.1, -0.05) is 36.4 Å². The fourth-order valence-corrected chi connectivity index (χ4v) is 4.03. The maximum Gasteiger partial charge on any atom is 0.272 e. The molecular weight excluding hydrogens is 382 g/mol. The van der Waals surface area contributed by atoms with Gasteiger partial charge < -0.3 is 19.5 Å². The highest BCUT2D eigenvalue weighted by Crippen LogP contribution is 2.33. The number of fused-ring (bicyclic) bond motifs is 2. The molecule has 2 unspecified atom stereocenters. The fraction of sp³-hybridized carbons (Fsp3) is 0.304. The van der Waals surface area contributed by atoms with Crippen LogP contribution in [0.1, 0.15) is 34.1 Å². The minimum atomic E-state index is -0.233. The summed E-state index contributed by atoms with van der Waals surface area (Å²) in [6.45, 7) is 1.12. The number of carbonyl (C=O) groups excluding carboxylic acids is 1. The first-order chi connectivity index (χ1) is 14.7. The quantitative estimate of drug-likeness (QED) is 0.722. The van der Waals surface area contributed by atoms with Gasteiger partial charge in [-0.15, -0.1) is 0 Å². The van der Waals surface area contributed by atoms with Crippen LogP contribution in [0.15, 0.2) is 54.6 Å². The summed E-state index contributed by atoms with van der Waals surface area (Å²) in [7, 11) is 1.64. The Hall–Kier alpha value is -3.48. The number of ether oxygens (including phenoxy) is 3. The average molecular weight is 405 g/mol. The number of hydrogen-bond donors (Lipinski definition) is 1. The average Bonchev–Trinajstić information content (AvgIpc) is 3.23. The van der Waals surface area contributed by atoms with Crippen LogP contribution in [0.4, 0.5) is 0 Å². The van der Waals surface area contributed by atoms with Crippen molar-refractivity contribution in [3.8, 4) is 17.4 Å². The summed E-state index contributed by atoms with van der Waals surface area (Å²) in [5.41, 5.74) is 2.45. The molecule has 2 aliphatic rings. The second-order valence-electron chi connectivity index (χ2n) is 7.52. The van der Waals surface area contributed by atoms with Crippen molar-refractivity contribution in [2.24, 2.45) is 0 Å². The van der Waals surface area contributed by atoms with Crippen LogP contribution in [0.5, 0.6) is 17.4 Å². The smallest absolute Gasteiger partial charge is 0.272 e. The zero-order valence-electron chi connectivity index (χ0n) is 16.7. The van der Waals surface area contributed by atoms with E-state index >= 15 is 0 Å². The highest BCUT2D eigenvalue weighted by Gasteiger charge is 2.28. The number of nitrogens with zero attached hydrogens (tertiary/aromatic N) is 2. The van der Waals surface area contributed by atoms with E-state index in [9.17, 15) is 4.79 Å². The third-order valence-electron chi connectivity index (χ3n) is 5.55. The van der Waals surface area contributed by atoms with Crippen molar-refractivity contribution in [2.75, 3.05) is 13.7 Å². The molecule has 0 fully saturated rings. The molecule has 2 atom stereocenters. The molecule has 0 radical (unpaired) electrons. The molecule has 1 N–H and O–H groups in total. The number of methoxy groups -OCH3 is 1. The highest BCUT2D eigenvalue weighted by molar-refractivity contribution is 5.92. The van der Waals surface area contributed by atoms with Gasteiger partial charge in [0.2, 0.25) is 5.88 Å². The first kappa shape index (κ1) is 18.5. The van der Waals surface area contributed by atoms with Gasteiger partial charge in [-0.05, 0) is 17.7 Å². The normalized spacial score (nSPS) is 19.6. The van der Waals surface area contributed by atoms with Gasteiger partial charge in [0.1, 0.15) is 24.2 Å². The molecule has 0 spiro atoms. The Labute approximate surface area is 174 Å². The molecule has 2 aromatic carbocycles. The Morgan fingerprint density at radius 1 is 1.20 bits per heavy atom. The molecule has 0 saturated carbocycles. The van der Waals surface area contributed by atoms with Gasteiger partial charge in [0.05, 0.1) is 13.2 Å². The van der Waals surface area contributed by atoms with Crippen molar-refractivity contribution in [3.63, 3.8) is 0 Å². The Morgan fingerprint density at radius 2 is 2.07 bits per heavy atom. The van der Waals surface area contributed by atoms with Crippen LogP contribution < -0.4 is 19.5 Å². The van der Waals surface area contributed by atoms with Gasteiger partial charge in [-0.25, -0.2) is 4.68 Å². The predicted octanol–water partition coefficient (Wildman–Crippen LogP) is 3.15. The summed E-state index contributed by atoms with van der Waals surface area (Å²) in [6, 6.07) is 17.4. The van der Waals surface area contributed by atoms with E-state index in [1.807, 2.05) is 36.4 Å². The van der Waals surface area contributed by atoms with Crippen molar-refractivity contribution in [2.45, 2.75) is 31.5 Å². The van der Waals surface area contributed by atoms with Gasteiger partial charge in [0.15, 0.2) is 5.69 Å². The molecule has 3 aromatic rings. The fourth-order valence-electron chi connectivity index (χ4n) is 4.03. The number of benzene rings is 2. The van der Waals surface area contributed by atoms with E-state index in [-0.39, 0.29) is 18.1 Å². The lowest BCUT2D eigenvalue weighted by Crippen LogP contribution is -2.43. The molecule has 1 amide bonds. The van der Waals surface area contributed by atoms with Crippen LogP contribution in [-0.4, -0.2) is 35.4 Å². The number of aromatic nitrogens is 2. The number of rotatable bonds is 4. The van der Waals surface area contributed by atoms with Crippen molar-refractivity contribution in [1.82, 2.24) is 15.1 Å². The maximum atomic E-state index is 12.8. The number of carbonyl (C=O) groups is 1. The summed E-state index contributed by atoms with van der Waals surface area (Å²) in [5, 5.41) is 7.46. The van der Waals surface area contributed by atoms with Crippen LogP contribution >= 0.6 is 0 Å². The summed E-state index contributed by atoms with van der Waals surface area (Å²) in [5.74, 6) is 1.96. The second kappa shape index (κ2) is 7.74. The van der Waals surface area contributed by atoms with Gasteiger partial charge in [0.25, 0.3) is 5.91 Å². The standard InChI is InChI=1S/C23H23N3O4/c1-28-20-8-5-9-21-17(20)12-16(14-29-21)24-23(27)18-13-22-26(25-18)11-10-19(30-22)15-6-3-2-4-7-15/h2-9,13,16,19H,10-12,14H2,1H3,(H,24,27). The second-order valence-corrected chi connectivity index (χ2v) is 7.52. The largest absolute Gasteiger partial charge is 0.496 e. The topological polar surface area (TPSA) is 74.6 Å². The Kier molecular flexibility index (Phi) is 4.78. The zero-order valence-corrected chi connectivity index (χ0v) is 16.7. The summed E-state index contributed by atoms with van der Waals surface area (Å²) >= 11 is 0. The van der Waals surface area contributed by atoms with Crippen molar-refractivity contribution in [1.29, 1.82) is 0 Å². The van der Waals surface area contributed by atoms with Crippen LogP contribution in [0.3, 0.4) is 0 Å². The first-order valence-electron chi connectivity index (χ1n) is 10.1. The Morgan fingerprint density at radius 3 is 2.90 bits per heavy atom. The minimum Gasteiger partial charge on any atom is -0.496 e. The molecule has 7 heteroatoms. The van der Waals surface area contributed by atoms with Crippen LogP contribution in [0.2, 0.25) is 0 Å². The van der Waals surface area contributed by atoms with Crippen molar-refractivity contribution in [3.05, 3.63) is 71.4 Å². The summed E-state index contributed by atoms with van der Waals surface area (Å²) in [6.07, 6.45) is 1.43. The SMILES string of the molecule is COc1cccc2c1CC(NC(=O)c1cc3n(n1)CCC(c1ccccc1)O3)CO2. The molecule has 0 saturated heterocycles. The number of hydrogen-bond acceptors (Lipinski definition) is 5. The van der Waals surface area contributed by atoms with E-state index in [0.717, 1.165) is 29.0 Å². The third kappa shape index (κ3) is 3.47. The lowest BCUT2D eigenvalue weighted by molar-refractivity contribution is 0.0908. The van der Waals surface area contributed by atoms with Gasteiger partial charge in [-0.3, -0.25) is 4.79 Å².